The van der Waals surface area contributed by atoms with E-state index in [1.54, 1.807) is 11.8 Å². The number of nitrogens with one attached hydrogen (secondary N) is 1. The van der Waals surface area contributed by atoms with Crippen molar-refractivity contribution in [3.05, 3.63) is 63.6 Å². The van der Waals surface area contributed by atoms with E-state index in [4.69, 9.17) is 4.74 Å². The van der Waals surface area contributed by atoms with Crippen LogP contribution in [0, 0.1) is 6.92 Å². The summed E-state index contributed by atoms with van der Waals surface area (Å²) in [5.74, 6) is 0.696. The van der Waals surface area contributed by atoms with Crippen LogP contribution in [0.3, 0.4) is 0 Å². The van der Waals surface area contributed by atoms with E-state index in [1.807, 2.05) is 49.4 Å². The standard InChI is InChI=1S/C27H35BrN2O3/c1-18(2)22-13-14-25(24(28)15-22)33-17-26(31)30(16-21-11-9-19(3)10-12-21)20(4)27(32)29-23-7-5-6-8-23/h9-15,18,20,23H,5-8,16-17H2,1-4H3,(H,29,32). The lowest BCUT2D eigenvalue weighted by Crippen LogP contribution is -2.50. The van der Waals surface area contributed by atoms with Crippen LogP contribution in [0.15, 0.2) is 46.9 Å². The molecule has 1 aliphatic rings. The lowest BCUT2D eigenvalue weighted by molar-refractivity contribution is -0.142. The maximum atomic E-state index is 13.3. The fourth-order valence-electron chi connectivity index (χ4n) is 4.08. The SMILES string of the molecule is Cc1ccc(CN(C(=O)COc2ccc(C(C)C)cc2Br)C(C)C(=O)NC2CCCC2)cc1. The quantitative estimate of drug-likeness (QED) is 0.464. The van der Waals surface area contributed by atoms with Crippen molar-refractivity contribution in [1.29, 1.82) is 0 Å². The Balaban J connectivity index is 1.72. The van der Waals surface area contributed by atoms with Gasteiger partial charge in [-0.15, -0.1) is 0 Å². The van der Waals surface area contributed by atoms with Gasteiger partial charge < -0.3 is 15.0 Å². The minimum absolute atomic E-state index is 0.107. The minimum atomic E-state index is -0.588. The van der Waals surface area contributed by atoms with Gasteiger partial charge in [0.05, 0.1) is 4.47 Å². The van der Waals surface area contributed by atoms with Crippen molar-refractivity contribution < 1.29 is 14.3 Å². The molecule has 0 saturated heterocycles. The second kappa shape index (κ2) is 11.7. The fourth-order valence-corrected chi connectivity index (χ4v) is 4.59. The summed E-state index contributed by atoms with van der Waals surface area (Å²) in [5, 5.41) is 3.13. The van der Waals surface area contributed by atoms with Crippen LogP contribution in [-0.2, 0) is 16.1 Å². The first-order chi connectivity index (χ1) is 15.7. The predicted octanol–water partition coefficient (Wildman–Crippen LogP) is 5.74. The van der Waals surface area contributed by atoms with Crippen molar-refractivity contribution in [1.82, 2.24) is 10.2 Å². The maximum Gasteiger partial charge on any atom is 0.261 e. The second-order valence-corrected chi connectivity index (χ2v) is 10.2. The van der Waals surface area contributed by atoms with Crippen LogP contribution < -0.4 is 10.1 Å². The number of ether oxygens (including phenoxy) is 1. The van der Waals surface area contributed by atoms with E-state index in [2.05, 4.69) is 35.1 Å². The van der Waals surface area contributed by atoms with Crippen molar-refractivity contribution in [3.63, 3.8) is 0 Å². The Bertz CT molecular complexity index is 952. The van der Waals surface area contributed by atoms with Gasteiger partial charge in [0.25, 0.3) is 5.91 Å². The molecule has 3 rings (SSSR count). The normalized spacial score (nSPS) is 14.8. The van der Waals surface area contributed by atoms with E-state index in [0.717, 1.165) is 41.3 Å². The molecule has 0 radical (unpaired) electrons. The third-order valence-corrected chi connectivity index (χ3v) is 6.94. The Morgan fingerprint density at radius 3 is 2.36 bits per heavy atom. The maximum absolute atomic E-state index is 13.3. The highest BCUT2D eigenvalue weighted by Gasteiger charge is 2.28. The van der Waals surface area contributed by atoms with Gasteiger partial charge in [-0.2, -0.15) is 0 Å². The van der Waals surface area contributed by atoms with Gasteiger partial charge in [-0.3, -0.25) is 9.59 Å². The molecule has 1 unspecified atom stereocenters. The van der Waals surface area contributed by atoms with Gasteiger partial charge in [-0.05, 0) is 71.8 Å². The Morgan fingerprint density at radius 1 is 1.09 bits per heavy atom. The zero-order valence-electron chi connectivity index (χ0n) is 20.1. The molecule has 33 heavy (non-hydrogen) atoms. The van der Waals surface area contributed by atoms with Gasteiger partial charge in [0.15, 0.2) is 6.61 Å². The molecule has 6 heteroatoms. The van der Waals surface area contributed by atoms with E-state index >= 15 is 0 Å². The van der Waals surface area contributed by atoms with E-state index in [0.29, 0.717) is 18.2 Å². The molecule has 1 saturated carbocycles. The summed E-state index contributed by atoms with van der Waals surface area (Å²) < 4.78 is 6.68. The molecule has 0 heterocycles. The van der Waals surface area contributed by atoms with Crippen molar-refractivity contribution in [3.8, 4) is 5.75 Å². The van der Waals surface area contributed by atoms with E-state index < -0.39 is 6.04 Å². The smallest absolute Gasteiger partial charge is 0.261 e. The van der Waals surface area contributed by atoms with E-state index in [1.165, 1.54) is 5.56 Å². The number of hydrogen-bond acceptors (Lipinski definition) is 3. The molecule has 0 spiro atoms. The number of halogens is 1. The zero-order chi connectivity index (χ0) is 24.0. The van der Waals surface area contributed by atoms with Crippen molar-refractivity contribution >= 4 is 27.7 Å². The molecule has 2 amide bonds. The molecule has 2 aromatic rings. The van der Waals surface area contributed by atoms with Crippen LogP contribution in [0.2, 0.25) is 0 Å². The van der Waals surface area contributed by atoms with Crippen LogP contribution in [0.25, 0.3) is 0 Å². The van der Waals surface area contributed by atoms with Crippen LogP contribution in [0.1, 0.15) is 69.1 Å². The number of amides is 2. The topological polar surface area (TPSA) is 58.6 Å². The Hall–Kier alpha value is -2.34. The summed E-state index contributed by atoms with van der Waals surface area (Å²) in [5.41, 5.74) is 3.33. The highest BCUT2D eigenvalue weighted by molar-refractivity contribution is 9.10. The average molecular weight is 515 g/mol. The third-order valence-electron chi connectivity index (χ3n) is 6.32. The molecule has 5 nitrogen and oxygen atoms in total. The summed E-state index contributed by atoms with van der Waals surface area (Å²) in [4.78, 5) is 27.8. The number of carbonyl (C=O) groups is 2. The molecular weight excluding hydrogens is 480 g/mol. The summed E-state index contributed by atoms with van der Waals surface area (Å²) >= 11 is 3.55. The van der Waals surface area contributed by atoms with Crippen LogP contribution in [0.5, 0.6) is 5.75 Å². The third kappa shape index (κ3) is 7.07. The van der Waals surface area contributed by atoms with Crippen LogP contribution >= 0.6 is 15.9 Å². The molecule has 1 atom stereocenters. The van der Waals surface area contributed by atoms with Gasteiger partial charge in [-0.25, -0.2) is 0 Å². The summed E-state index contributed by atoms with van der Waals surface area (Å²) in [6.07, 6.45) is 4.30. The number of carbonyl (C=O) groups excluding carboxylic acids is 2. The molecular formula is C27H35BrN2O3. The molecule has 1 fully saturated rings. The van der Waals surface area contributed by atoms with Gasteiger partial charge >= 0.3 is 0 Å². The van der Waals surface area contributed by atoms with Crippen molar-refractivity contribution in [2.24, 2.45) is 0 Å². The molecule has 178 valence electrons. The summed E-state index contributed by atoms with van der Waals surface area (Å²) in [6.45, 7) is 8.31. The number of aryl methyl sites for hydroxylation is 1. The zero-order valence-corrected chi connectivity index (χ0v) is 21.7. The molecule has 0 aromatic heterocycles. The first-order valence-electron chi connectivity index (χ1n) is 11.8. The number of nitrogens with zero attached hydrogens (tertiary/aromatic N) is 1. The monoisotopic (exact) mass is 514 g/mol. The van der Waals surface area contributed by atoms with Crippen LogP contribution in [0.4, 0.5) is 0 Å². The lowest BCUT2D eigenvalue weighted by Gasteiger charge is -2.29. The van der Waals surface area contributed by atoms with Crippen molar-refractivity contribution in [2.75, 3.05) is 6.61 Å². The first kappa shape index (κ1) is 25.3. The average Bonchev–Trinajstić information content (AvgIpc) is 3.30. The Morgan fingerprint density at radius 2 is 1.76 bits per heavy atom. The molecule has 0 bridgehead atoms. The summed E-state index contributed by atoms with van der Waals surface area (Å²) in [6, 6.07) is 13.6. The first-order valence-corrected chi connectivity index (χ1v) is 12.6. The summed E-state index contributed by atoms with van der Waals surface area (Å²) in [7, 11) is 0. The largest absolute Gasteiger partial charge is 0.483 e. The van der Waals surface area contributed by atoms with Gasteiger partial charge in [0.2, 0.25) is 5.91 Å². The van der Waals surface area contributed by atoms with E-state index in [9.17, 15) is 9.59 Å². The molecule has 2 aromatic carbocycles. The van der Waals surface area contributed by atoms with E-state index in [-0.39, 0.29) is 24.5 Å². The Labute approximate surface area is 206 Å². The molecule has 1 N–H and O–H groups in total. The predicted molar refractivity (Wildman–Crippen MR) is 135 cm³/mol. The van der Waals surface area contributed by atoms with Gasteiger partial charge in [0, 0.05) is 12.6 Å². The van der Waals surface area contributed by atoms with Crippen LogP contribution in [-0.4, -0.2) is 35.4 Å². The molecule has 1 aliphatic carbocycles. The molecule has 0 aliphatic heterocycles. The Kier molecular flexibility index (Phi) is 8.95. The number of hydrogen-bond donors (Lipinski definition) is 1. The highest BCUT2D eigenvalue weighted by atomic mass is 79.9. The lowest BCUT2D eigenvalue weighted by atomic mass is 10.0. The number of rotatable bonds is 9. The fraction of sp³-hybridized carbons (Fsp3) is 0.481. The second-order valence-electron chi connectivity index (χ2n) is 9.31. The van der Waals surface area contributed by atoms with Gasteiger partial charge in [-0.1, -0.05) is 62.6 Å². The minimum Gasteiger partial charge on any atom is -0.483 e. The highest BCUT2D eigenvalue weighted by Crippen LogP contribution is 2.29. The number of benzene rings is 2. The van der Waals surface area contributed by atoms with Crippen molar-refractivity contribution in [2.45, 2.75) is 77.9 Å². The van der Waals surface area contributed by atoms with Gasteiger partial charge in [0.1, 0.15) is 11.8 Å².